The molecule has 0 spiro atoms. The van der Waals surface area contributed by atoms with Gasteiger partial charge >= 0.3 is 0 Å². The van der Waals surface area contributed by atoms with E-state index in [4.69, 9.17) is 5.73 Å². The summed E-state index contributed by atoms with van der Waals surface area (Å²) in [5, 5.41) is 2.91. The van der Waals surface area contributed by atoms with Crippen LogP contribution in [0.25, 0.3) is 10.2 Å². The van der Waals surface area contributed by atoms with E-state index in [9.17, 15) is 13.6 Å². The number of carbonyl (C=O) groups is 1. The summed E-state index contributed by atoms with van der Waals surface area (Å²) in [5.41, 5.74) is 7.28. The Morgan fingerprint density at radius 2 is 2.15 bits per heavy atom. The van der Waals surface area contributed by atoms with E-state index >= 15 is 0 Å². The van der Waals surface area contributed by atoms with Crippen molar-refractivity contribution in [1.29, 1.82) is 0 Å². The number of fused-ring (bicyclic) bond motifs is 1. The Labute approximate surface area is 153 Å². The number of halogens is 2. The van der Waals surface area contributed by atoms with E-state index in [2.05, 4.69) is 15.3 Å². The average molecular weight is 376 g/mol. The summed E-state index contributed by atoms with van der Waals surface area (Å²) >= 11 is 1.03. The molecule has 26 heavy (non-hydrogen) atoms. The van der Waals surface area contributed by atoms with Crippen LogP contribution in [0.15, 0.2) is 30.6 Å². The number of pyridine rings is 2. The van der Waals surface area contributed by atoms with E-state index in [0.717, 1.165) is 16.9 Å². The molecule has 8 heteroatoms. The smallest absolute Gasteiger partial charge is 0.264 e. The Hall–Kier alpha value is -2.61. The van der Waals surface area contributed by atoms with Crippen molar-refractivity contribution >= 4 is 33.1 Å². The Bertz CT molecular complexity index is 941. The summed E-state index contributed by atoms with van der Waals surface area (Å²) in [5.74, 6) is -0.427. The van der Waals surface area contributed by atoms with E-state index in [-0.39, 0.29) is 34.0 Å². The molecule has 0 unspecified atom stereocenters. The van der Waals surface area contributed by atoms with Gasteiger partial charge in [0.2, 0.25) is 0 Å². The molecule has 0 aliphatic heterocycles. The van der Waals surface area contributed by atoms with E-state index in [0.29, 0.717) is 10.5 Å². The van der Waals surface area contributed by atoms with Gasteiger partial charge in [0.1, 0.15) is 9.71 Å². The Morgan fingerprint density at radius 1 is 1.38 bits per heavy atom. The molecule has 0 bridgehead atoms. The summed E-state index contributed by atoms with van der Waals surface area (Å²) in [6.07, 6.45) is 0.584. The summed E-state index contributed by atoms with van der Waals surface area (Å²) in [7, 11) is 0. The van der Waals surface area contributed by atoms with Crippen molar-refractivity contribution in [3.63, 3.8) is 0 Å². The van der Waals surface area contributed by atoms with Crippen molar-refractivity contribution in [3.8, 4) is 0 Å². The molecule has 3 aromatic heterocycles. The number of amides is 1. The topological polar surface area (TPSA) is 80.9 Å². The quantitative estimate of drug-likeness (QED) is 0.697. The van der Waals surface area contributed by atoms with Crippen LogP contribution in [0.4, 0.5) is 14.5 Å². The molecule has 0 radical (unpaired) electrons. The highest BCUT2D eigenvalue weighted by atomic mass is 32.1. The first-order valence-corrected chi connectivity index (χ1v) is 8.88. The molecule has 0 aliphatic carbocycles. The second-order valence-electron chi connectivity index (χ2n) is 6.16. The van der Waals surface area contributed by atoms with E-state index < -0.39 is 12.3 Å². The fraction of sp³-hybridized carbons (Fsp3) is 0.278. The van der Waals surface area contributed by atoms with E-state index in [1.807, 2.05) is 19.9 Å². The summed E-state index contributed by atoms with van der Waals surface area (Å²) in [4.78, 5) is 21.4. The van der Waals surface area contributed by atoms with Crippen molar-refractivity contribution in [1.82, 2.24) is 15.3 Å². The lowest BCUT2D eigenvalue weighted by Crippen LogP contribution is -2.22. The molecule has 0 atom stereocenters. The number of thiophene rings is 1. The minimum Gasteiger partial charge on any atom is -0.397 e. The van der Waals surface area contributed by atoms with Gasteiger partial charge in [-0.05, 0) is 23.6 Å². The van der Waals surface area contributed by atoms with Crippen molar-refractivity contribution < 1.29 is 13.6 Å². The number of alkyl halides is 2. The summed E-state index contributed by atoms with van der Waals surface area (Å²) in [6, 6.07) is 4.96. The van der Waals surface area contributed by atoms with Crippen LogP contribution in [0.2, 0.25) is 0 Å². The van der Waals surface area contributed by atoms with E-state index in [1.54, 1.807) is 18.5 Å². The van der Waals surface area contributed by atoms with Crippen molar-refractivity contribution in [3.05, 3.63) is 52.3 Å². The first kappa shape index (κ1) is 18.2. The first-order chi connectivity index (χ1) is 12.4. The average Bonchev–Trinajstić information content (AvgIpc) is 2.96. The highest BCUT2D eigenvalue weighted by Gasteiger charge is 2.24. The number of nitrogens with two attached hydrogens (primary N) is 1. The minimum atomic E-state index is -2.69. The fourth-order valence-corrected chi connectivity index (χ4v) is 3.62. The number of anilines is 1. The Balaban J connectivity index is 1.97. The molecular formula is C18H18F2N4OS. The van der Waals surface area contributed by atoms with Gasteiger partial charge in [-0.1, -0.05) is 19.9 Å². The highest BCUT2D eigenvalue weighted by Crippen LogP contribution is 2.39. The number of nitrogens with one attached hydrogen (secondary N) is 1. The number of hydrogen-bond acceptors (Lipinski definition) is 5. The second kappa shape index (κ2) is 7.33. The van der Waals surface area contributed by atoms with Gasteiger partial charge in [-0.25, -0.2) is 13.8 Å². The molecule has 0 saturated carbocycles. The van der Waals surface area contributed by atoms with E-state index in [1.165, 1.54) is 6.07 Å². The maximum Gasteiger partial charge on any atom is 0.264 e. The van der Waals surface area contributed by atoms with Gasteiger partial charge in [-0.3, -0.25) is 9.78 Å². The van der Waals surface area contributed by atoms with Crippen LogP contribution in [-0.4, -0.2) is 15.9 Å². The zero-order chi connectivity index (χ0) is 18.8. The molecule has 1 amide bonds. The molecule has 3 heterocycles. The van der Waals surface area contributed by atoms with Gasteiger partial charge in [0, 0.05) is 35.6 Å². The van der Waals surface area contributed by atoms with Crippen molar-refractivity contribution in [2.45, 2.75) is 32.7 Å². The fourth-order valence-electron chi connectivity index (χ4n) is 2.57. The third-order valence-electron chi connectivity index (χ3n) is 3.96. The maximum absolute atomic E-state index is 13.5. The van der Waals surface area contributed by atoms with Crippen LogP contribution in [0, 0.1) is 0 Å². The van der Waals surface area contributed by atoms with Gasteiger partial charge in [-0.2, -0.15) is 0 Å². The maximum atomic E-state index is 13.5. The largest absolute Gasteiger partial charge is 0.397 e. The lowest BCUT2D eigenvalue weighted by atomic mass is 10.0. The predicted octanol–water partition coefficient (Wildman–Crippen LogP) is 4.26. The molecule has 136 valence electrons. The zero-order valence-electron chi connectivity index (χ0n) is 14.3. The molecule has 0 aromatic carbocycles. The Kier molecular flexibility index (Phi) is 5.13. The van der Waals surface area contributed by atoms with Crippen LogP contribution >= 0.6 is 11.3 Å². The molecule has 5 nitrogen and oxygen atoms in total. The number of hydrogen-bond donors (Lipinski definition) is 2. The molecule has 3 aromatic rings. The predicted molar refractivity (Wildman–Crippen MR) is 98.5 cm³/mol. The van der Waals surface area contributed by atoms with Crippen LogP contribution in [0.5, 0.6) is 0 Å². The highest BCUT2D eigenvalue weighted by molar-refractivity contribution is 7.21. The number of aromatic nitrogens is 2. The molecular weight excluding hydrogens is 358 g/mol. The molecule has 3 rings (SSSR count). The third kappa shape index (κ3) is 3.50. The third-order valence-corrected chi connectivity index (χ3v) is 5.06. The minimum absolute atomic E-state index is 0.0110. The van der Waals surface area contributed by atoms with Crippen molar-refractivity contribution in [2.24, 2.45) is 0 Å². The zero-order valence-corrected chi connectivity index (χ0v) is 15.1. The lowest BCUT2D eigenvalue weighted by molar-refractivity contribution is 0.0955. The SMILES string of the molecule is CC(C)c1cc(C(F)F)c2c(N)c(C(=O)NCc3cccnc3)sc2n1. The van der Waals surface area contributed by atoms with Gasteiger partial charge < -0.3 is 11.1 Å². The first-order valence-electron chi connectivity index (χ1n) is 8.06. The van der Waals surface area contributed by atoms with Gasteiger partial charge in [0.15, 0.2) is 0 Å². The van der Waals surface area contributed by atoms with Gasteiger partial charge in [0.05, 0.1) is 5.69 Å². The number of nitrogens with zero attached hydrogens (tertiary/aromatic N) is 2. The summed E-state index contributed by atoms with van der Waals surface area (Å²) < 4.78 is 27.0. The normalized spacial score (nSPS) is 11.5. The van der Waals surface area contributed by atoms with Gasteiger partial charge in [-0.15, -0.1) is 11.3 Å². The number of nitrogen functional groups attached to an aromatic ring is 1. The van der Waals surface area contributed by atoms with Crippen LogP contribution < -0.4 is 11.1 Å². The standard InChI is InChI=1S/C18H18F2N4OS/c1-9(2)12-6-11(16(19)20)13-14(21)15(26-18(13)24-12)17(25)23-8-10-4-3-5-22-7-10/h3-7,9,16H,8,21H2,1-2H3,(H,23,25). The van der Waals surface area contributed by atoms with Crippen molar-refractivity contribution in [2.75, 3.05) is 5.73 Å². The second-order valence-corrected chi connectivity index (χ2v) is 7.16. The molecule has 0 saturated heterocycles. The van der Waals surface area contributed by atoms with Crippen LogP contribution in [-0.2, 0) is 6.54 Å². The van der Waals surface area contributed by atoms with Crippen LogP contribution in [0.1, 0.15) is 52.7 Å². The Morgan fingerprint density at radius 3 is 2.77 bits per heavy atom. The lowest BCUT2D eigenvalue weighted by Gasteiger charge is -2.09. The summed E-state index contributed by atoms with van der Waals surface area (Å²) in [6.45, 7) is 4.02. The number of carbonyl (C=O) groups excluding carboxylic acids is 1. The molecule has 0 aliphatic rings. The van der Waals surface area contributed by atoms with Crippen LogP contribution in [0.3, 0.4) is 0 Å². The molecule has 3 N–H and O–H groups in total. The van der Waals surface area contributed by atoms with Gasteiger partial charge in [0.25, 0.3) is 12.3 Å². The number of rotatable bonds is 5. The monoisotopic (exact) mass is 376 g/mol. The molecule has 0 fully saturated rings.